The van der Waals surface area contributed by atoms with E-state index in [0.29, 0.717) is 47.6 Å². The zero-order chi connectivity index (χ0) is 42.2. The van der Waals surface area contributed by atoms with Gasteiger partial charge in [-0.3, -0.25) is 4.57 Å². The van der Waals surface area contributed by atoms with Crippen LogP contribution in [0.15, 0.2) is 71.5 Å². The number of ether oxygens (including phenoxy) is 1. The number of likely N-dealkylation sites (tertiary alicyclic amines) is 1. The van der Waals surface area contributed by atoms with Crippen molar-refractivity contribution in [1.29, 1.82) is 0 Å². The van der Waals surface area contributed by atoms with E-state index in [1.54, 1.807) is 57.2 Å². The van der Waals surface area contributed by atoms with Gasteiger partial charge in [-0.05, 0) is 98.5 Å². The number of anilines is 2. The molecule has 0 spiro atoms. The molecular weight excluding hydrogens is 820 g/mol. The number of urea groups is 1. The molecule has 2 fully saturated rings. The van der Waals surface area contributed by atoms with Gasteiger partial charge in [0, 0.05) is 49.6 Å². The van der Waals surface area contributed by atoms with E-state index in [-0.39, 0.29) is 51.6 Å². The molecule has 0 unspecified atom stereocenters. The molecule has 0 bridgehead atoms. The topological polar surface area (TPSA) is 203 Å². The minimum absolute atomic E-state index is 0.00782. The Bertz CT molecular complexity index is 2590. The number of imidazole rings is 1. The van der Waals surface area contributed by atoms with Gasteiger partial charge < -0.3 is 35.5 Å². The number of carboxylic acids is 2. The number of carbonyl (C=O) groups is 3. The third-order valence-corrected chi connectivity index (χ3v) is 14.7. The standard InChI is InChI=1S/C41H45ClN6O9S2/c1-41(2)21-30(43-29-9-5-7-27(19-29)36-34(42)35(57-22-33(49)50)37(58-36)38(51)52)14-17-48(41)59(55,56)23-24-6-4-8-28(18-24)44-40(54)47-15-12-25(13-16-47)26-10-11-31-32(20-26)46(3)39(53)45-31/h4-11,18-20,25,30,43H,12-17,21-23H2,1-3H3,(H,44,54)(H,45,53)(H,49,50)(H,51,52)/t30-/m0/s1. The molecule has 5 N–H and O–H groups in total. The number of hydrogen-bond acceptors (Lipinski definition) is 9. The summed E-state index contributed by atoms with van der Waals surface area (Å²) in [5.74, 6) is -2.73. The van der Waals surface area contributed by atoms with Gasteiger partial charge in [-0.25, -0.2) is 27.6 Å². The fraction of sp³-hybridized carbons (Fsp3) is 0.366. The number of nitrogens with zero attached hydrogens (tertiary/aromatic N) is 3. The molecule has 0 saturated carbocycles. The van der Waals surface area contributed by atoms with Crippen LogP contribution in [0.1, 0.15) is 66.2 Å². The largest absolute Gasteiger partial charge is 0.479 e. The molecule has 2 saturated heterocycles. The van der Waals surface area contributed by atoms with Crippen molar-refractivity contribution in [2.45, 2.75) is 62.8 Å². The van der Waals surface area contributed by atoms with Crippen molar-refractivity contribution < 1.29 is 37.8 Å². The smallest absolute Gasteiger partial charge is 0.349 e. The third-order valence-electron chi connectivity index (χ3n) is 11.0. The van der Waals surface area contributed by atoms with Crippen molar-refractivity contribution in [3.63, 3.8) is 0 Å². The Morgan fingerprint density at radius 2 is 1.71 bits per heavy atom. The van der Waals surface area contributed by atoms with Crippen molar-refractivity contribution in [3.05, 3.63) is 98.2 Å². The van der Waals surface area contributed by atoms with Gasteiger partial charge >= 0.3 is 23.7 Å². The Hall–Kier alpha value is -5.36. The second-order valence-corrected chi connectivity index (χ2v) is 18.9. The summed E-state index contributed by atoms with van der Waals surface area (Å²) in [6.07, 6.45) is 2.57. The molecule has 59 heavy (non-hydrogen) atoms. The highest BCUT2D eigenvalue weighted by atomic mass is 35.5. The Kier molecular flexibility index (Phi) is 11.8. The minimum Gasteiger partial charge on any atom is -0.479 e. The molecule has 1 atom stereocenters. The number of carbonyl (C=O) groups excluding carboxylic acids is 1. The number of hydrogen-bond donors (Lipinski definition) is 5. The summed E-state index contributed by atoms with van der Waals surface area (Å²) in [6, 6.07) is 19.8. The Balaban J connectivity index is 0.946. The van der Waals surface area contributed by atoms with E-state index < -0.39 is 34.1 Å². The molecule has 312 valence electrons. The number of aliphatic carboxylic acids is 1. The number of aromatic nitrogens is 2. The monoisotopic (exact) mass is 864 g/mol. The van der Waals surface area contributed by atoms with Crippen LogP contribution in [0.4, 0.5) is 16.2 Å². The fourth-order valence-corrected chi connectivity index (χ4v) is 11.5. The number of piperidine rings is 2. The summed E-state index contributed by atoms with van der Waals surface area (Å²) in [6.45, 7) is 4.44. The number of sulfonamides is 1. The molecule has 2 aliphatic heterocycles. The Morgan fingerprint density at radius 1 is 0.983 bits per heavy atom. The Morgan fingerprint density at radius 3 is 2.42 bits per heavy atom. The molecule has 2 aromatic heterocycles. The number of halogens is 1. The van der Waals surface area contributed by atoms with Crippen LogP contribution >= 0.6 is 22.9 Å². The number of nitrogens with one attached hydrogen (secondary N) is 3. The van der Waals surface area contributed by atoms with Crippen LogP contribution in [0.3, 0.4) is 0 Å². The SMILES string of the molecule is Cn1c(=O)[nH]c2ccc(C3CCN(C(=O)Nc4cccc(CS(=O)(=O)N5CC[C@H](Nc6cccc(-c7sc(C(=O)O)c(OCC(=O)O)c7Cl)c6)CC5(C)C)c4)CC3)cc21. The normalized spacial score (nSPS) is 17.5. The van der Waals surface area contributed by atoms with E-state index in [9.17, 15) is 32.7 Å². The maximum atomic E-state index is 13.9. The number of thiophene rings is 1. The maximum absolute atomic E-state index is 13.9. The van der Waals surface area contributed by atoms with Gasteiger partial charge in [0.15, 0.2) is 17.2 Å². The summed E-state index contributed by atoms with van der Waals surface area (Å²) in [5.41, 5.74) is 4.29. The summed E-state index contributed by atoms with van der Waals surface area (Å²) in [7, 11) is -2.03. The molecule has 4 heterocycles. The van der Waals surface area contributed by atoms with Crippen molar-refractivity contribution in [1.82, 2.24) is 18.8 Å². The van der Waals surface area contributed by atoms with Gasteiger partial charge in [0.05, 0.1) is 21.7 Å². The lowest BCUT2D eigenvalue weighted by atomic mass is 9.89. The number of aryl methyl sites for hydroxylation is 1. The van der Waals surface area contributed by atoms with Crippen LogP contribution in [-0.4, -0.2) is 93.2 Å². The molecule has 18 heteroatoms. The first kappa shape index (κ1) is 41.8. The van der Waals surface area contributed by atoms with E-state index in [4.69, 9.17) is 21.4 Å². The first-order valence-electron chi connectivity index (χ1n) is 19.1. The summed E-state index contributed by atoms with van der Waals surface area (Å²) < 4.78 is 36.3. The van der Waals surface area contributed by atoms with Crippen LogP contribution in [0.25, 0.3) is 21.5 Å². The van der Waals surface area contributed by atoms with Crippen LogP contribution in [0.2, 0.25) is 5.02 Å². The number of H-pyrrole nitrogens is 1. The number of aromatic amines is 1. The summed E-state index contributed by atoms with van der Waals surface area (Å²) in [5, 5.41) is 25.2. The van der Waals surface area contributed by atoms with Crippen molar-refractivity contribution >= 4 is 73.3 Å². The molecule has 3 aromatic carbocycles. The first-order chi connectivity index (χ1) is 28.0. The Labute approximate surface area is 349 Å². The molecule has 5 aromatic rings. The molecule has 15 nitrogen and oxygen atoms in total. The van der Waals surface area contributed by atoms with E-state index >= 15 is 0 Å². The number of fused-ring (bicyclic) bond motifs is 1. The molecule has 2 amide bonds. The van der Waals surface area contributed by atoms with Crippen molar-refractivity contribution in [3.8, 4) is 16.2 Å². The molecule has 2 aliphatic rings. The number of carboxylic acid groups (broad SMARTS) is 2. The number of aromatic carboxylic acids is 1. The average molecular weight is 865 g/mol. The van der Waals surface area contributed by atoms with Crippen LogP contribution in [0, 0.1) is 0 Å². The van der Waals surface area contributed by atoms with E-state index in [1.807, 2.05) is 44.2 Å². The van der Waals surface area contributed by atoms with Gasteiger partial charge in [-0.2, -0.15) is 4.31 Å². The maximum Gasteiger partial charge on any atom is 0.349 e. The molecule has 7 rings (SSSR count). The predicted octanol–water partition coefficient (Wildman–Crippen LogP) is 7.01. The highest BCUT2D eigenvalue weighted by molar-refractivity contribution is 7.88. The highest BCUT2D eigenvalue weighted by Gasteiger charge is 2.41. The minimum atomic E-state index is -3.77. The van der Waals surface area contributed by atoms with Crippen LogP contribution < -0.4 is 21.1 Å². The van der Waals surface area contributed by atoms with Crippen molar-refractivity contribution in [2.75, 3.05) is 36.9 Å². The van der Waals surface area contributed by atoms with E-state index in [0.717, 1.165) is 46.5 Å². The van der Waals surface area contributed by atoms with E-state index in [2.05, 4.69) is 15.6 Å². The second-order valence-electron chi connectivity index (χ2n) is 15.6. The fourth-order valence-electron chi connectivity index (χ4n) is 8.13. The van der Waals surface area contributed by atoms with Gasteiger partial charge in [0.25, 0.3) is 0 Å². The highest BCUT2D eigenvalue weighted by Crippen LogP contribution is 2.46. The molecule has 0 aliphatic carbocycles. The number of benzene rings is 3. The third kappa shape index (κ3) is 9.12. The lowest BCUT2D eigenvalue weighted by Gasteiger charge is -2.45. The zero-order valence-electron chi connectivity index (χ0n) is 32.7. The second kappa shape index (κ2) is 16.7. The lowest BCUT2D eigenvalue weighted by Crippen LogP contribution is -2.55. The molecular formula is C41H45ClN6O9S2. The van der Waals surface area contributed by atoms with Gasteiger partial charge in [-0.15, -0.1) is 11.3 Å². The molecule has 0 radical (unpaired) electrons. The lowest BCUT2D eigenvalue weighted by molar-refractivity contribution is -0.139. The average Bonchev–Trinajstić information content (AvgIpc) is 3.67. The van der Waals surface area contributed by atoms with Gasteiger partial charge in [0.1, 0.15) is 5.02 Å². The predicted molar refractivity (Wildman–Crippen MR) is 227 cm³/mol. The zero-order valence-corrected chi connectivity index (χ0v) is 35.0. The van der Waals surface area contributed by atoms with Gasteiger partial charge in [-0.1, -0.05) is 41.9 Å². The van der Waals surface area contributed by atoms with E-state index in [1.165, 1.54) is 0 Å². The number of rotatable bonds is 12. The summed E-state index contributed by atoms with van der Waals surface area (Å²) in [4.78, 5) is 53.1. The first-order valence-corrected chi connectivity index (χ1v) is 21.9. The van der Waals surface area contributed by atoms with Crippen molar-refractivity contribution in [2.24, 2.45) is 7.05 Å². The summed E-state index contributed by atoms with van der Waals surface area (Å²) >= 11 is 7.40. The number of amides is 2. The quantitative estimate of drug-likeness (QED) is 0.0869. The van der Waals surface area contributed by atoms with Crippen LogP contribution in [0.5, 0.6) is 5.75 Å². The van der Waals surface area contributed by atoms with Crippen LogP contribution in [-0.2, 0) is 27.6 Å². The van der Waals surface area contributed by atoms with Gasteiger partial charge in [0.2, 0.25) is 10.0 Å².